The lowest BCUT2D eigenvalue weighted by molar-refractivity contribution is 0.315. The average Bonchev–Trinajstić information content (AvgIpc) is 3.17. The van der Waals surface area contributed by atoms with Crippen LogP contribution in [0.4, 0.5) is 17.2 Å². The van der Waals surface area contributed by atoms with E-state index in [0.29, 0.717) is 35.5 Å². The molecule has 4 rings (SSSR count). The number of hydrogen-bond acceptors (Lipinski definition) is 9. The van der Waals surface area contributed by atoms with Gasteiger partial charge in [0.25, 0.3) is 0 Å². The lowest BCUT2D eigenvalue weighted by Gasteiger charge is -2.36. The van der Waals surface area contributed by atoms with Crippen LogP contribution in [0, 0.1) is 16.2 Å². The van der Waals surface area contributed by atoms with Crippen molar-refractivity contribution >= 4 is 28.2 Å². The highest BCUT2D eigenvalue weighted by Gasteiger charge is 2.23. The summed E-state index contributed by atoms with van der Waals surface area (Å²) in [7, 11) is 0. The number of benzene rings is 1. The molecule has 1 aliphatic rings. The third kappa shape index (κ3) is 2.53. The summed E-state index contributed by atoms with van der Waals surface area (Å²) in [5.41, 5.74) is 2.53. The first kappa shape index (κ1) is 15.0. The summed E-state index contributed by atoms with van der Waals surface area (Å²) in [6, 6.07) is 9.13. The molecule has 3 heterocycles. The van der Waals surface area contributed by atoms with Crippen molar-refractivity contribution in [3.8, 4) is 6.07 Å². The average molecular weight is 335 g/mol. The Kier molecular flexibility index (Phi) is 3.70. The molecule has 124 valence electrons. The number of nitriles is 1. The molecule has 0 aliphatic carbocycles. The Morgan fingerprint density at radius 3 is 2.60 bits per heavy atom. The topological polar surface area (TPSA) is 112 Å². The van der Waals surface area contributed by atoms with Crippen LogP contribution < -0.4 is 9.80 Å². The van der Waals surface area contributed by atoms with Crippen LogP contribution in [0.25, 0.3) is 11.0 Å². The van der Waals surface area contributed by atoms with E-state index in [1.165, 1.54) is 0 Å². The second-order valence-corrected chi connectivity index (χ2v) is 5.62. The zero-order valence-electron chi connectivity index (χ0n) is 13.2. The van der Waals surface area contributed by atoms with Crippen LogP contribution in [0.5, 0.6) is 0 Å². The maximum atomic E-state index is 10.9. The normalized spacial score (nSPS) is 14.5. The highest BCUT2D eigenvalue weighted by atomic mass is 16.6. The zero-order valence-corrected chi connectivity index (χ0v) is 13.2. The molecular formula is C16H13N7O2. The van der Waals surface area contributed by atoms with Crippen molar-refractivity contribution in [2.24, 2.45) is 5.18 Å². The minimum atomic E-state index is 0.214. The van der Waals surface area contributed by atoms with E-state index in [2.05, 4.69) is 36.3 Å². The molecular weight excluding hydrogens is 322 g/mol. The van der Waals surface area contributed by atoms with Gasteiger partial charge in [0.1, 0.15) is 17.6 Å². The second kappa shape index (κ2) is 6.16. The fraction of sp³-hybridized carbons (Fsp3) is 0.250. The first-order valence-electron chi connectivity index (χ1n) is 7.75. The van der Waals surface area contributed by atoms with E-state index in [9.17, 15) is 10.2 Å². The summed E-state index contributed by atoms with van der Waals surface area (Å²) in [5.74, 6) is 0.707. The first-order valence-corrected chi connectivity index (χ1v) is 7.75. The Morgan fingerprint density at radius 1 is 1.08 bits per heavy atom. The third-order valence-electron chi connectivity index (χ3n) is 4.30. The zero-order chi connectivity index (χ0) is 17.2. The van der Waals surface area contributed by atoms with Crippen LogP contribution in [0.1, 0.15) is 5.56 Å². The fourth-order valence-corrected chi connectivity index (χ4v) is 3.06. The summed E-state index contributed by atoms with van der Waals surface area (Å²) in [6.07, 6.45) is 1.69. The minimum absolute atomic E-state index is 0.214. The molecule has 0 radical (unpaired) electrons. The van der Waals surface area contributed by atoms with Crippen LogP contribution in [0.2, 0.25) is 0 Å². The van der Waals surface area contributed by atoms with Crippen LogP contribution >= 0.6 is 0 Å². The van der Waals surface area contributed by atoms with E-state index < -0.39 is 0 Å². The summed E-state index contributed by atoms with van der Waals surface area (Å²) in [4.78, 5) is 19.4. The summed E-state index contributed by atoms with van der Waals surface area (Å²) in [6.45, 7) is 2.87. The van der Waals surface area contributed by atoms with Gasteiger partial charge in [-0.3, -0.25) is 0 Å². The molecule has 3 aromatic rings. The quantitative estimate of drug-likeness (QED) is 0.670. The van der Waals surface area contributed by atoms with E-state index in [1.54, 1.807) is 30.5 Å². The highest BCUT2D eigenvalue weighted by Crippen LogP contribution is 2.32. The van der Waals surface area contributed by atoms with Gasteiger partial charge in [0.15, 0.2) is 11.0 Å². The van der Waals surface area contributed by atoms with E-state index in [0.717, 1.165) is 18.8 Å². The molecule has 0 atom stereocenters. The predicted molar refractivity (Wildman–Crippen MR) is 90.6 cm³/mol. The molecule has 0 spiro atoms. The van der Waals surface area contributed by atoms with E-state index in [4.69, 9.17) is 4.63 Å². The molecule has 0 amide bonds. The largest absolute Gasteiger partial charge is 0.366 e. The number of rotatable bonds is 3. The molecule has 0 bridgehead atoms. The van der Waals surface area contributed by atoms with Crippen molar-refractivity contribution in [2.45, 2.75) is 0 Å². The molecule has 1 aromatic carbocycles. The lowest BCUT2D eigenvalue weighted by Crippen LogP contribution is -2.47. The van der Waals surface area contributed by atoms with Crippen molar-refractivity contribution in [3.63, 3.8) is 0 Å². The number of anilines is 2. The van der Waals surface area contributed by atoms with Gasteiger partial charge in [-0.25, -0.2) is 9.61 Å². The maximum Gasteiger partial charge on any atom is 0.166 e. The number of nitrogens with zero attached hydrogens (tertiary/aromatic N) is 7. The first-order chi connectivity index (χ1) is 12.3. The van der Waals surface area contributed by atoms with Gasteiger partial charge in [-0.05, 0) is 39.8 Å². The smallest absolute Gasteiger partial charge is 0.166 e. The predicted octanol–water partition coefficient (Wildman–Crippen LogP) is 2.21. The Hall–Kier alpha value is -3.54. The van der Waals surface area contributed by atoms with Crippen molar-refractivity contribution in [1.29, 1.82) is 5.26 Å². The van der Waals surface area contributed by atoms with Crippen molar-refractivity contribution in [2.75, 3.05) is 36.0 Å². The molecule has 0 saturated carbocycles. The Balaban J connectivity index is 1.58. The van der Waals surface area contributed by atoms with Gasteiger partial charge in [0.2, 0.25) is 0 Å². The van der Waals surface area contributed by atoms with Crippen molar-refractivity contribution in [3.05, 3.63) is 40.9 Å². The molecule has 1 saturated heterocycles. The van der Waals surface area contributed by atoms with Gasteiger partial charge in [-0.1, -0.05) is 0 Å². The summed E-state index contributed by atoms with van der Waals surface area (Å²) in [5, 5.41) is 19.9. The van der Waals surface area contributed by atoms with Crippen LogP contribution in [-0.4, -0.2) is 41.5 Å². The summed E-state index contributed by atoms with van der Waals surface area (Å²) < 4.78 is 4.78. The highest BCUT2D eigenvalue weighted by molar-refractivity contribution is 5.95. The molecule has 25 heavy (non-hydrogen) atoms. The number of piperazine rings is 1. The number of hydrogen-bond donors (Lipinski definition) is 0. The Bertz CT molecular complexity index is 970. The molecule has 2 aromatic heterocycles. The van der Waals surface area contributed by atoms with Gasteiger partial charge in [-0.2, -0.15) is 5.26 Å². The standard InChI is InChI=1S/C16H13N7O2/c17-10-11-2-1-5-18-16(11)23-8-6-22(7-9-23)13-4-3-12(19-24)14-15(13)21-25-20-14/h1-5H,6-9H2. The van der Waals surface area contributed by atoms with E-state index >= 15 is 0 Å². The van der Waals surface area contributed by atoms with Gasteiger partial charge in [-0.15, -0.1) is 4.91 Å². The molecule has 9 heteroatoms. The molecule has 9 nitrogen and oxygen atoms in total. The fourth-order valence-electron chi connectivity index (χ4n) is 3.06. The second-order valence-electron chi connectivity index (χ2n) is 5.62. The van der Waals surface area contributed by atoms with Crippen LogP contribution in [-0.2, 0) is 0 Å². The van der Waals surface area contributed by atoms with E-state index in [1.807, 2.05) is 0 Å². The van der Waals surface area contributed by atoms with Crippen LogP contribution in [0.3, 0.4) is 0 Å². The molecule has 0 N–H and O–H groups in total. The number of fused-ring (bicyclic) bond motifs is 1. The number of aromatic nitrogens is 3. The SMILES string of the molecule is N#Cc1cccnc1N1CCN(c2ccc(N=O)c3nonc23)CC1. The summed E-state index contributed by atoms with van der Waals surface area (Å²) >= 11 is 0. The van der Waals surface area contributed by atoms with Gasteiger partial charge >= 0.3 is 0 Å². The lowest BCUT2D eigenvalue weighted by atomic mass is 10.2. The maximum absolute atomic E-state index is 10.9. The van der Waals surface area contributed by atoms with Gasteiger partial charge in [0.05, 0.1) is 11.3 Å². The number of nitroso groups, excluding NO2 is 1. The minimum Gasteiger partial charge on any atom is -0.366 e. The number of pyridine rings is 1. The molecule has 1 fully saturated rings. The van der Waals surface area contributed by atoms with Crippen LogP contribution in [0.15, 0.2) is 40.3 Å². The third-order valence-corrected chi connectivity index (χ3v) is 4.30. The van der Waals surface area contributed by atoms with Gasteiger partial charge in [0, 0.05) is 32.4 Å². The van der Waals surface area contributed by atoms with Gasteiger partial charge < -0.3 is 9.80 Å². The van der Waals surface area contributed by atoms with Crippen molar-refractivity contribution < 1.29 is 4.63 Å². The molecule has 1 aliphatic heterocycles. The van der Waals surface area contributed by atoms with E-state index in [-0.39, 0.29) is 5.69 Å². The monoisotopic (exact) mass is 335 g/mol. The Morgan fingerprint density at radius 2 is 1.84 bits per heavy atom. The Labute approximate surface area is 142 Å². The molecule has 0 unspecified atom stereocenters. The van der Waals surface area contributed by atoms with Crippen molar-refractivity contribution in [1.82, 2.24) is 15.3 Å².